The molecule has 2 N–H and O–H groups in total. The fraction of sp³-hybridized carbons (Fsp3) is 0.318. The van der Waals surface area contributed by atoms with Gasteiger partial charge in [0, 0.05) is 33.7 Å². The summed E-state index contributed by atoms with van der Waals surface area (Å²) in [5.74, 6) is -0.582. The third-order valence-corrected chi connectivity index (χ3v) is 6.21. The van der Waals surface area contributed by atoms with Gasteiger partial charge in [-0.2, -0.15) is 0 Å². The molecule has 1 atom stereocenters. The molecule has 8 heteroatoms. The predicted molar refractivity (Wildman–Crippen MR) is 114 cm³/mol. The first-order valence-corrected chi connectivity index (χ1v) is 10.7. The Morgan fingerprint density at radius 1 is 1.37 bits per heavy atom. The normalized spacial score (nSPS) is 17.9. The fourth-order valence-corrected chi connectivity index (χ4v) is 4.27. The van der Waals surface area contributed by atoms with Crippen molar-refractivity contribution in [2.24, 2.45) is 0 Å². The zero-order valence-electron chi connectivity index (χ0n) is 16.4. The molecule has 1 saturated carbocycles. The first kappa shape index (κ1) is 19.4. The summed E-state index contributed by atoms with van der Waals surface area (Å²) in [5, 5.41) is 0.714. The summed E-state index contributed by atoms with van der Waals surface area (Å²) in [6, 6.07) is 6.75. The van der Waals surface area contributed by atoms with Gasteiger partial charge in [0.2, 0.25) is 0 Å². The van der Waals surface area contributed by atoms with E-state index < -0.39 is 5.82 Å². The van der Waals surface area contributed by atoms with Crippen molar-refractivity contribution < 1.29 is 13.9 Å². The summed E-state index contributed by atoms with van der Waals surface area (Å²) in [6.45, 7) is 2.62. The Bertz CT molecular complexity index is 1160. The number of carbonyl (C=O) groups is 1. The molecule has 1 aromatic carbocycles. The third-order valence-electron chi connectivity index (χ3n) is 5.74. The van der Waals surface area contributed by atoms with Crippen molar-refractivity contribution in [3.05, 3.63) is 63.1 Å². The minimum atomic E-state index is -0.597. The van der Waals surface area contributed by atoms with E-state index in [1.165, 1.54) is 6.07 Å². The van der Waals surface area contributed by atoms with Gasteiger partial charge >= 0.3 is 0 Å². The topological polar surface area (TPSA) is 81.3 Å². The highest BCUT2D eigenvalue weighted by Crippen LogP contribution is 2.39. The van der Waals surface area contributed by atoms with E-state index >= 15 is 0 Å². The first-order valence-electron chi connectivity index (χ1n) is 9.87. The lowest BCUT2D eigenvalue weighted by Crippen LogP contribution is -2.33. The molecule has 6 nitrogen and oxygen atoms in total. The average Bonchev–Trinajstić information content (AvgIpc) is 3.48. The van der Waals surface area contributed by atoms with Crippen LogP contribution in [0.5, 0.6) is 0 Å². The van der Waals surface area contributed by atoms with E-state index in [9.17, 15) is 9.18 Å². The number of carbonyl (C=O) groups excluding carboxylic acids is 1. The van der Waals surface area contributed by atoms with Crippen LogP contribution in [0.4, 0.5) is 10.2 Å². The van der Waals surface area contributed by atoms with E-state index in [0.29, 0.717) is 29.9 Å². The number of nitrogens with zero attached hydrogens (tertiary/aromatic N) is 3. The van der Waals surface area contributed by atoms with E-state index in [-0.39, 0.29) is 23.6 Å². The number of benzene rings is 1. The molecule has 3 heterocycles. The number of nitrogen functional groups attached to an aromatic ring is 1. The minimum absolute atomic E-state index is 0.0415. The van der Waals surface area contributed by atoms with Gasteiger partial charge in [0.15, 0.2) is 0 Å². The van der Waals surface area contributed by atoms with Crippen LogP contribution in [0, 0.1) is 5.82 Å². The zero-order valence-corrected chi connectivity index (χ0v) is 17.9. The molecule has 0 spiro atoms. The quantitative estimate of drug-likeness (QED) is 0.606. The molecule has 30 heavy (non-hydrogen) atoms. The first-order chi connectivity index (χ1) is 14.4. The van der Waals surface area contributed by atoms with Gasteiger partial charge in [0.1, 0.15) is 11.6 Å². The van der Waals surface area contributed by atoms with Crippen molar-refractivity contribution in [3.8, 4) is 0 Å². The molecule has 1 aliphatic heterocycles. The molecular formula is C22H20BrFN4O2. The summed E-state index contributed by atoms with van der Waals surface area (Å²) in [6.07, 6.45) is 3.35. The SMILES string of the molecule is CC1OCc2c1c(N)nc1cc(F)c(C(=O)N(Cc3ccc(Br)cn3)C3CC3)cc21. The summed E-state index contributed by atoms with van der Waals surface area (Å²) < 4.78 is 21.6. The molecule has 2 aromatic heterocycles. The lowest BCUT2D eigenvalue weighted by molar-refractivity contribution is 0.0723. The lowest BCUT2D eigenvalue weighted by atomic mass is 9.99. The maximum atomic E-state index is 15.0. The van der Waals surface area contributed by atoms with E-state index in [1.807, 2.05) is 19.1 Å². The Labute approximate surface area is 181 Å². The molecule has 1 amide bonds. The van der Waals surface area contributed by atoms with Crippen LogP contribution in [-0.4, -0.2) is 26.8 Å². The third kappa shape index (κ3) is 3.33. The van der Waals surface area contributed by atoms with Crippen LogP contribution in [0.2, 0.25) is 0 Å². The van der Waals surface area contributed by atoms with E-state index in [2.05, 4.69) is 25.9 Å². The largest absolute Gasteiger partial charge is 0.383 e. The maximum absolute atomic E-state index is 15.0. The van der Waals surface area contributed by atoms with Crippen LogP contribution in [0.1, 0.15) is 53.0 Å². The number of ether oxygens (including phenoxy) is 1. The Kier molecular flexibility index (Phi) is 4.71. The van der Waals surface area contributed by atoms with E-state index in [4.69, 9.17) is 10.5 Å². The number of pyridine rings is 2. The predicted octanol–water partition coefficient (Wildman–Crippen LogP) is 4.51. The van der Waals surface area contributed by atoms with Crippen LogP contribution in [0.25, 0.3) is 10.9 Å². The molecule has 1 fully saturated rings. The molecule has 1 aliphatic carbocycles. The molecule has 3 aromatic rings. The molecule has 1 unspecified atom stereocenters. The maximum Gasteiger partial charge on any atom is 0.257 e. The van der Waals surface area contributed by atoms with Crippen LogP contribution in [0.3, 0.4) is 0 Å². The Hall–Kier alpha value is -2.58. The summed E-state index contributed by atoms with van der Waals surface area (Å²) >= 11 is 3.37. The van der Waals surface area contributed by atoms with Gasteiger partial charge in [0.05, 0.1) is 36.0 Å². The number of anilines is 1. The van der Waals surface area contributed by atoms with Gasteiger partial charge in [-0.25, -0.2) is 9.37 Å². The Morgan fingerprint density at radius 3 is 2.87 bits per heavy atom. The number of nitrogens with two attached hydrogens (primary N) is 1. The second-order valence-electron chi connectivity index (χ2n) is 7.82. The van der Waals surface area contributed by atoms with Gasteiger partial charge in [0.25, 0.3) is 5.91 Å². The van der Waals surface area contributed by atoms with Gasteiger partial charge in [-0.1, -0.05) is 0 Å². The van der Waals surface area contributed by atoms with Crippen LogP contribution in [-0.2, 0) is 17.9 Å². The fourth-order valence-electron chi connectivity index (χ4n) is 4.03. The second kappa shape index (κ2) is 7.28. The summed E-state index contributed by atoms with van der Waals surface area (Å²) in [4.78, 5) is 23.8. The van der Waals surface area contributed by atoms with Crippen molar-refractivity contribution in [2.45, 2.75) is 45.1 Å². The Morgan fingerprint density at radius 2 is 2.17 bits per heavy atom. The van der Waals surface area contributed by atoms with Gasteiger partial charge in [-0.05, 0) is 59.5 Å². The Balaban J connectivity index is 1.55. The van der Waals surface area contributed by atoms with Gasteiger partial charge < -0.3 is 15.4 Å². The van der Waals surface area contributed by atoms with Crippen LogP contribution < -0.4 is 5.73 Å². The highest BCUT2D eigenvalue weighted by Gasteiger charge is 2.35. The minimum Gasteiger partial charge on any atom is -0.383 e. The van der Waals surface area contributed by atoms with Crippen molar-refractivity contribution in [1.29, 1.82) is 0 Å². The van der Waals surface area contributed by atoms with Crippen LogP contribution >= 0.6 is 15.9 Å². The van der Waals surface area contributed by atoms with Crippen molar-refractivity contribution in [3.63, 3.8) is 0 Å². The number of amides is 1. The van der Waals surface area contributed by atoms with Crippen molar-refractivity contribution in [1.82, 2.24) is 14.9 Å². The highest BCUT2D eigenvalue weighted by molar-refractivity contribution is 9.10. The lowest BCUT2D eigenvalue weighted by Gasteiger charge is -2.23. The number of hydrogen-bond acceptors (Lipinski definition) is 5. The molecule has 0 bridgehead atoms. The van der Waals surface area contributed by atoms with Crippen molar-refractivity contribution in [2.75, 3.05) is 5.73 Å². The molecule has 5 rings (SSSR count). The number of hydrogen-bond donors (Lipinski definition) is 1. The zero-order chi connectivity index (χ0) is 21.0. The number of aromatic nitrogens is 2. The average molecular weight is 471 g/mol. The standard InChI is InChI=1S/C22H20BrFN4O2/c1-11-20-17(10-30-11)15-6-16(18(24)7-19(15)27-21(20)25)22(29)28(14-4-5-14)9-13-3-2-12(23)8-26-13/h2-3,6-8,11,14H,4-5,9-10H2,1H3,(H2,25,27). The number of halogens is 2. The smallest absolute Gasteiger partial charge is 0.257 e. The second-order valence-corrected chi connectivity index (χ2v) is 8.74. The monoisotopic (exact) mass is 470 g/mol. The summed E-state index contributed by atoms with van der Waals surface area (Å²) in [7, 11) is 0. The molecule has 154 valence electrons. The van der Waals surface area contributed by atoms with Crippen LogP contribution in [0.15, 0.2) is 34.9 Å². The van der Waals surface area contributed by atoms with E-state index in [1.54, 1.807) is 17.2 Å². The molecule has 0 radical (unpaired) electrons. The van der Waals surface area contributed by atoms with E-state index in [0.717, 1.165) is 34.1 Å². The van der Waals surface area contributed by atoms with Gasteiger partial charge in [-0.15, -0.1) is 0 Å². The summed E-state index contributed by atoms with van der Waals surface area (Å²) in [5.41, 5.74) is 9.01. The molecular weight excluding hydrogens is 451 g/mol. The molecule has 2 aliphatic rings. The highest BCUT2D eigenvalue weighted by atomic mass is 79.9. The van der Waals surface area contributed by atoms with Crippen molar-refractivity contribution >= 4 is 38.6 Å². The van der Waals surface area contributed by atoms with Gasteiger partial charge in [-0.3, -0.25) is 9.78 Å². The number of rotatable bonds is 4. The molecule has 0 saturated heterocycles. The number of fused-ring (bicyclic) bond motifs is 3.